The Bertz CT molecular complexity index is 188. The van der Waals surface area contributed by atoms with Crippen LogP contribution in [0, 0.1) is 0 Å². The second-order valence-electron chi connectivity index (χ2n) is 1.35. The van der Waals surface area contributed by atoms with E-state index in [4.69, 9.17) is 11.6 Å². The SMILES string of the molecule is SNc1ccc(Cl)nn1. The van der Waals surface area contributed by atoms with E-state index in [1.54, 1.807) is 12.1 Å². The summed E-state index contributed by atoms with van der Waals surface area (Å²) in [4.78, 5) is 0. The molecule has 0 saturated heterocycles. The molecule has 0 aromatic carbocycles. The quantitative estimate of drug-likeness (QED) is 0.612. The van der Waals surface area contributed by atoms with E-state index in [1.165, 1.54) is 0 Å². The van der Waals surface area contributed by atoms with E-state index in [2.05, 4.69) is 27.7 Å². The van der Waals surface area contributed by atoms with Gasteiger partial charge in [-0.1, -0.05) is 24.4 Å². The zero-order valence-electron chi connectivity index (χ0n) is 4.37. The van der Waals surface area contributed by atoms with Gasteiger partial charge in [-0.25, -0.2) is 0 Å². The fraction of sp³-hybridized carbons (Fsp3) is 0. The molecule has 0 aliphatic carbocycles. The maximum absolute atomic E-state index is 5.44. The van der Waals surface area contributed by atoms with Gasteiger partial charge in [-0.3, -0.25) is 0 Å². The molecule has 0 spiro atoms. The van der Waals surface area contributed by atoms with Crippen LogP contribution in [0.15, 0.2) is 12.1 Å². The van der Waals surface area contributed by atoms with E-state index in [0.717, 1.165) is 0 Å². The van der Waals surface area contributed by atoms with Gasteiger partial charge in [-0.05, 0) is 12.1 Å². The molecule has 3 nitrogen and oxygen atoms in total. The van der Waals surface area contributed by atoms with Crippen LogP contribution in [-0.4, -0.2) is 10.2 Å². The van der Waals surface area contributed by atoms with E-state index in [1.807, 2.05) is 0 Å². The lowest BCUT2D eigenvalue weighted by molar-refractivity contribution is 1.04. The summed E-state index contributed by atoms with van der Waals surface area (Å²) >= 11 is 9.19. The van der Waals surface area contributed by atoms with E-state index < -0.39 is 0 Å². The Morgan fingerprint density at radius 3 is 2.67 bits per heavy atom. The number of thiol groups is 1. The highest BCUT2D eigenvalue weighted by molar-refractivity contribution is 7.81. The third kappa shape index (κ3) is 1.73. The molecule has 0 amide bonds. The minimum atomic E-state index is 0.377. The van der Waals surface area contributed by atoms with Crippen molar-refractivity contribution in [1.82, 2.24) is 10.2 Å². The molecule has 1 aromatic rings. The summed E-state index contributed by atoms with van der Waals surface area (Å²) in [6.07, 6.45) is 0. The second kappa shape index (κ2) is 2.89. The molecule has 0 bridgehead atoms. The van der Waals surface area contributed by atoms with E-state index in [0.29, 0.717) is 11.0 Å². The number of nitrogens with one attached hydrogen (secondary N) is 1. The molecule has 1 heterocycles. The van der Waals surface area contributed by atoms with Crippen molar-refractivity contribution in [3.8, 4) is 0 Å². The molecule has 48 valence electrons. The lowest BCUT2D eigenvalue weighted by Gasteiger charge is -1.92. The molecule has 9 heavy (non-hydrogen) atoms. The third-order valence-corrected chi connectivity index (χ3v) is 1.18. The Kier molecular flexibility index (Phi) is 2.13. The van der Waals surface area contributed by atoms with Crippen molar-refractivity contribution in [2.45, 2.75) is 0 Å². The molecular weight excluding hydrogens is 158 g/mol. The van der Waals surface area contributed by atoms with Crippen molar-refractivity contribution in [3.63, 3.8) is 0 Å². The molecule has 0 atom stereocenters. The molecule has 0 aliphatic rings. The fourth-order valence-corrected chi connectivity index (χ4v) is 0.596. The van der Waals surface area contributed by atoms with Crippen LogP contribution in [-0.2, 0) is 0 Å². The van der Waals surface area contributed by atoms with E-state index >= 15 is 0 Å². The lowest BCUT2D eigenvalue weighted by Crippen LogP contribution is -1.87. The molecule has 0 radical (unpaired) electrons. The van der Waals surface area contributed by atoms with E-state index in [-0.39, 0.29) is 0 Å². The average molecular weight is 162 g/mol. The summed E-state index contributed by atoms with van der Waals surface area (Å²) in [6.45, 7) is 0. The van der Waals surface area contributed by atoms with Gasteiger partial charge in [-0.2, -0.15) is 0 Å². The summed E-state index contributed by atoms with van der Waals surface area (Å²) < 4.78 is 2.52. The fourth-order valence-electron chi connectivity index (χ4n) is 0.376. The lowest BCUT2D eigenvalue weighted by atomic mass is 10.5. The molecule has 1 N–H and O–H groups in total. The maximum atomic E-state index is 5.44. The molecule has 1 rings (SSSR count). The molecule has 5 heteroatoms. The summed E-state index contributed by atoms with van der Waals surface area (Å²) in [6, 6.07) is 3.31. The summed E-state index contributed by atoms with van der Waals surface area (Å²) in [5, 5.41) is 7.56. The van der Waals surface area contributed by atoms with Gasteiger partial charge in [0.05, 0.1) is 0 Å². The van der Waals surface area contributed by atoms with Gasteiger partial charge < -0.3 is 4.72 Å². The smallest absolute Gasteiger partial charge is 0.158 e. The molecule has 0 aliphatic heterocycles. The van der Waals surface area contributed by atoms with Gasteiger partial charge in [0, 0.05) is 0 Å². The summed E-state index contributed by atoms with van der Waals surface area (Å²) in [5.41, 5.74) is 0. The number of halogens is 1. The van der Waals surface area contributed by atoms with Crippen molar-refractivity contribution in [3.05, 3.63) is 17.3 Å². The maximum Gasteiger partial charge on any atom is 0.158 e. The Labute approximate surface area is 63.0 Å². The van der Waals surface area contributed by atoms with Crippen LogP contribution in [0.1, 0.15) is 0 Å². The van der Waals surface area contributed by atoms with Gasteiger partial charge in [0.1, 0.15) is 0 Å². The first-order valence-electron chi connectivity index (χ1n) is 2.22. The van der Waals surface area contributed by atoms with E-state index in [9.17, 15) is 0 Å². The standard InChI is InChI=1S/C4H4ClN3S/c5-3-1-2-4(8-9)7-6-3/h1-2,9H,(H,7,8). The van der Waals surface area contributed by atoms with Crippen molar-refractivity contribution in [2.75, 3.05) is 4.72 Å². The Morgan fingerprint density at radius 1 is 1.44 bits per heavy atom. The number of hydrogen-bond acceptors (Lipinski definition) is 4. The first-order valence-corrected chi connectivity index (χ1v) is 3.05. The third-order valence-electron chi connectivity index (χ3n) is 0.747. The monoisotopic (exact) mass is 161 g/mol. The van der Waals surface area contributed by atoms with Crippen molar-refractivity contribution in [2.24, 2.45) is 0 Å². The van der Waals surface area contributed by atoms with Crippen LogP contribution in [0.3, 0.4) is 0 Å². The molecule has 0 saturated carbocycles. The van der Waals surface area contributed by atoms with Crippen molar-refractivity contribution in [1.29, 1.82) is 0 Å². The molecule has 0 unspecified atom stereocenters. The minimum absolute atomic E-state index is 0.377. The predicted octanol–water partition coefficient (Wildman–Crippen LogP) is 1.39. The van der Waals surface area contributed by atoms with Crippen molar-refractivity contribution >= 4 is 30.2 Å². The van der Waals surface area contributed by atoms with Gasteiger partial charge in [0.15, 0.2) is 11.0 Å². The average Bonchev–Trinajstić information content (AvgIpc) is 1.90. The molecular formula is C4H4ClN3S. The molecule has 0 fully saturated rings. The zero-order chi connectivity index (χ0) is 6.69. The van der Waals surface area contributed by atoms with Crippen LogP contribution in [0.2, 0.25) is 5.15 Å². The van der Waals surface area contributed by atoms with Crippen LogP contribution in [0.25, 0.3) is 0 Å². The normalized spacial score (nSPS) is 9.11. The highest BCUT2D eigenvalue weighted by Gasteiger charge is 1.89. The van der Waals surface area contributed by atoms with Gasteiger partial charge in [0.25, 0.3) is 0 Å². The Hall–Kier alpha value is -0.480. The summed E-state index contributed by atoms with van der Waals surface area (Å²) in [7, 11) is 0. The largest absolute Gasteiger partial charge is 0.315 e. The van der Waals surface area contributed by atoms with Gasteiger partial charge >= 0.3 is 0 Å². The molecule has 1 aromatic heterocycles. The highest BCUT2D eigenvalue weighted by Crippen LogP contribution is 2.05. The Morgan fingerprint density at radius 2 is 2.22 bits per heavy atom. The first-order chi connectivity index (χ1) is 4.33. The van der Waals surface area contributed by atoms with Gasteiger partial charge in [0.2, 0.25) is 0 Å². The zero-order valence-corrected chi connectivity index (χ0v) is 6.02. The van der Waals surface area contributed by atoms with Crippen LogP contribution >= 0.6 is 24.4 Å². The van der Waals surface area contributed by atoms with Crippen LogP contribution in [0.4, 0.5) is 5.82 Å². The van der Waals surface area contributed by atoms with Crippen LogP contribution in [0.5, 0.6) is 0 Å². The number of aromatic nitrogens is 2. The minimum Gasteiger partial charge on any atom is -0.315 e. The topological polar surface area (TPSA) is 37.8 Å². The number of hydrogen-bond donors (Lipinski definition) is 2. The Balaban J connectivity index is 2.88. The second-order valence-corrected chi connectivity index (χ2v) is 1.96. The number of nitrogens with zero attached hydrogens (tertiary/aromatic N) is 2. The number of anilines is 1. The van der Waals surface area contributed by atoms with Gasteiger partial charge in [-0.15, -0.1) is 10.2 Å². The predicted molar refractivity (Wildman–Crippen MR) is 39.7 cm³/mol. The van der Waals surface area contributed by atoms with Crippen molar-refractivity contribution < 1.29 is 0 Å². The first kappa shape index (κ1) is 6.64. The summed E-state index contributed by atoms with van der Waals surface area (Å²) in [5.74, 6) is 0.586. The van der Waals surface area contributed by atoms with Crippen LogP contribution < -0.4 is 4.72 Å². The highest BCUT2D eigenvalue weighted by atomic mass is 35.5. The number of rotatable bonds is 1.